The smallest absolute Gasteiger partial charge is 0.329 e. The summed E-state index contributed by atoms with van der Waals surface area (Å²) in [4.78, 5) is 35.5. The number of urea groups is 1. The van der Waals surface area contributed by atoms with Gasteiger partial charge < -0.3 is 16.4 Å². The number of hydrogen-bond acceptors (Lipinski definition) is 4. The Morgan fingerprint density at radius 1 is 1.26 bits per heavy atom. The number of nitrogen functional groups attached to an aromatic ring is 1. The maximum atomic E-state index is 10.7. The number of anilines is 1. The molecule has 0 saturated carbocycles. The summed E-state index contributed by atoms with van der Waals surface area (Å²) in [6.07, 6.45) is 3.47. The molecule has 8 heteroatoms. The van der Waals surface area contributed by atoms with Crippen LogP contribution in [0.4, 0.5) is 10.6 Å². The van der Waals surface area contributed by atoms with Gasteiger partial charge in [0.25, 0.3) is 5.56 Å². The molecular weight excluding hydrogens is 250 g/mol. The fraction of sp³-hybridized carbons (Fsp3) is 0.545. The molecule has 19 heavy (non-hydrogen) atoms. The van der Waals surface area contributed by atoms with Crippen LogP contribution in [0.5, 0.6) is 0 Å². The number of aromatic amines is 1. The van der Waals surface area contributed by atoms with E-state index in [1.807, 2.05) is 0 Å². The summed E-state index contributed by atoms with van der Waals surface area (Å²) < 4.78 is 1.15. The van der Waals surface area contributed by atoms with Crippen LogP contribution in [0.2, 0.25) is 0 Å². The Balaban J connectivity index is 0.000000191. The van der Waals surface area contributed by atoms with Crippen molar-refractivity contribution < 1.29 is 4.79 Å². The second kappa shape index (κ2) is 6.62. The van der Waals surface area contributed by atoms with E-state index in [9.17, 15) is 14.4 Å². The summed E-state index contributed by atoms with van der Waals surface area (Å²) in [5.41, 5.74) is 9.35. The molecule has 106 valence electrons. The van der Waals surface area contributed by atoms with Crippen molar-refractivity contribution in [2.75, 3.05) is 18.8 Å². The lowest BCUT2D eigenvalue weighted by Gasteiger charge is -2.24. The molecule has 1 aliphatic rings. The SMILES string of the molecule is Cn1c(N)cc(=O)[nH]c1=O.NC(=O)N1CCCCC1. The van der Waals surface area contributed by atoms with Gasteiger partial charge in [-0.15, -0.1) is 0 Å². The Labute approximate surface area is 110 Å². The first-order chi connectivity index (χ1) is 8.91. The number of carbonyl (C=O) groups excluding carboxylic acids is 1. The summed E-state index contributed by atoms with van der Waals surface area (Å²) >= 11 is 0. The Hall–Kier alpha value is -2.25. The number of piperidine rings is 1. The van der Waals surface area contributed by atoms with Gasteiger partial charge in [-0.1, -0.05) is 0 Å². The van der Waals surface area contributed by atoms with Crippen LogP contribution < -0.4 is 22.7 Å². The molecule has 0 spiro atoms. The number of likely N-dealkylation sites (tertiary alicyclic amines) is 1. The predicted molar refractivity (Wildman–Crippen MR) is 71.7 cm³/mol. The number of H-pyrrole nitrogens is 1. The minimum atomic E-state index is -0.495. The second-order valence-electron chi connectivity index (χ2n) is 4.31. The van der Waals surface area contributed by atoms with Crippen molar-refractivity contribution in [3.05, 3.63) is 26.9 Å². The van der Waals surface area contributed by atoms with E-state index in [0.717, 1.165) is 36.6 Å². The Kier molecular flexibility index (Phi) is 5.16. The number of nitrogens with two attached hydrogens (primary N) is 2. The van der Waals surface area contributed by atoms with Gasteiger partial charge in [0.05, 0.1) is 0 Å². The molecule has 0 aromatic carbocycles. The number of hydrogen-bond donors (Lipinski definition) is 3. The minimum Gasteiger partial charge on any atom is -0.385 e. The molecule has 0 bridgehead atoms. The van der Waals surface area contributed by atoms with Gasteiger partial charge in [0.1, 0.15) is 5.82 Å². The Morgan fingerprint density at radius 2 is 1.84 bits per heavy atom. The van der Waals surface area contributed by atoms with Crippen molar-refractivity contribution in [3.8, 4) is 0 Å². The van der Waals surface area contributed by atoms with Gasteiger partial charge in [-0.2, -0.15) is 0 Å². The van der Waals surface area contributed by atoms with Crippen LogP contribution in [0.15, 0.2) is 15.7 Å². The summed E-state index contributed by atoms with van der Waals surface area (Å²) in [5, 5.41) is 0. The first-order valence-electron chi connectivity index (χ1n) is 6.02. The molecule has 5 N–H and O–H groups in total. The van der Waals surface area contributed by atoms with Gasteiger partial charge in [0, 0.05) is 26.2 Å². The van der Waals surface area contributed by atoms with Crippen molar-refractivity contribution in [2.24, 2.45) is 12.8 Å². The summed E-state index contributed by atoms with van der Waals surface area (Å²) in [5.74, 6) is 0.161. The summed E-state index contributed by atoms with van der Waals surface area (Å²) in [6.45, 7) is 1.71. The molecule has 0 unspecified atom stereocenters. The van der Waals surface area contributed by atoms with E-state index in [0.29, 0.717) is 0 Å². The second-order valence-corrected chi connectivity index (χ2v) is 4.31. The third-order valence-electron chi connectivity index (χ3n) is 2.87. The maximum absolute atomic E-state index is 10.7. The molecule has 1 aliphatic heterocycles. The van der Waals surface area contributed by atoms with Crippen LogP contribution in [-0.4, -0.2) is 33.6 Å². The molecular formula is C11H19N5O3. The largest absolute Gasteiger partial charge is 0.385 e. The number of nitrogens with one attached hydrogen (secondary N) is 1. The van der Waals surface area contributed by atoms with Gasteiger partial charge in [-0.3, -0.25) is 14.3 Å². The van der Waals surface area contributed by atoms with Crippen molar-refractivity contribution in [1.29, 1.82) is 0 Å². The van der Waals surface area contributed by atoms with Gasteiger partial charge in [0.15, 0.2) is 0 Å². The fourth-order valence-electron chi connectivity index (χ4n) is 1.69. The normalized spacial score (nSPS) is 14.5. The number of carbonyl (C=O) groups is 1. The van der Waals surface area contributed by atoms with E-state index in [1.165, 1.54) is 13.5 Å². The van der Waals surface area contributed by atoms with Crippen molar-refractivity contribution in [3.63, 3.8) is 0 Å². The highest BCUT2D eigenvalue weighted by Gasteiger charge is 2.11. The van der Waals surface area contributed by atoms with Gasteiger partial charge in [0.2, 0.25) is 0 Å². The molecule has 0 atom stereocenters. The summed E-state index contributed by atoms with van der Waals surface area (Å²) in [6, 6.07) is 0.885. The number of amides is 2. The number of aromatic nitrogens is 2. The quantitative estimate of drug-likeness (QED) is 0.570. The van der Waals surface area contributed by atoms with Crippen LogP contribution in [0.1, 0.15) is 19.3 Å². The van der Waals surface area contributed by atoms with Crippen molar-refractivity contribution >= 4 is 11.8 Å². The average molecular weight is 269 g/mol. The highest BCUT2D eigenvalue weighted by atomic mass is 16.2. The molecule has 1 aromatic heterocycles. The number of primary amides is 1. The first-order valence-corrected chi connectivity index (χ1v) is 6.02. The van der Waals surface area contributed by atoms with Crippen LogP contribution in [0.3, 0.4) is 0 Å². The van der Waals surface area contributed by atoms with E-state index < -0.39 is 11.2 Å². The molecule has 2 rings (SSSR count). The topological polar surface area (TPSA) is 127 Å². The predicted octanol–water partition coefficient (Wildman–Crippen LogP) is -0.793. The molecule has 0 radical (unpaired) electrons. The lowest BCUT2D eigenvalue weighted by Crippen LogP contribution is -2.39. The average Bonchev–Trinajstić information content (AvgIpc) is 2.37. The molecule has 1 fully saturated rings. The molecule has 1 aromatic rings. The molecule has 1 saturated heterocycles. The van der Waals surface area contributed by atoms with Gasteiger partial charge >= 0.3 is 11.7 Å². The minimum absolute atomic E-state index is 0.161. The highest BCUT2D eigenvalue weighted by Crippen LogP contribution is 2.07. The van der Waals surface area contributed by atoms with E-state index in [4.69, 9.17) is 11.5 Å². The molecule has 2 amide bonds. The standard InChI is InChI=1S/C6H12N2O.C5H7N3O2/c7-6(9)8-4-2-1-3-5-8;1-8-3(6)2-4(9)7-5(8)10/h1-5H2,(H2,7,9);2H,6H2,1H3,(H,7,9,10). The van der Waals surface area contributed by atoms with E-state index in [-0.39, 0.29) is 11.8 Å². The van der Waals surface area contributed by atoms with Crippen LogP contribution >= 0.6 is 0 Å². The third-order valence-corrected chi connectivity index (χ3v) is 2.87. The number of nitrogens with zero attached hydrogens (tertiary/aromatic N) is 2. The zero-order valence-electron chi connectivity index (χ0n) is 10.9. The third kappa shape index (κ3) is 4.49. The van der Waals surface area contributed by atoms with Crippen molar-refractivity contribution in [1.82, 2.24) is 14.5 Å². The molecule has 8 nitrogen and oxygen atoms in total. The zero-order valence-corrected chi connectivity index (χ0v) is 10.9. The van der Waals surface area contributed by atoms with Crippen molar-refractivity contribution in [2.45, 2.75) is 19.3 Å². The van der Waals surface area contributed by atoms with Gasteiger partial charge in [-0.05, 0) is 19.3 Å². The highest BCUT2D eigenvalue weighted by molar-refractivity contribution is 5.71. The Bertz CT molecular complexity index is 542. The van der Waals surface area contributed by atoms with Crippen LogP contribution in [0.25, 0.3) is 0 Å². The number of rotatable bonds is 0. The fourth-order valence-corrected chi connectivity index (χ4v) is 1.69. The van der Waals surface area contributed by atoms with E-state index >= 15 is 0 Å². The van der Waals surface area contributed by atoms with E-state index in [2.05, 4.69) is 4.98 Å². The monoisotopic (exact) mass is 269 g/mol. The first kappa shape index (κ1) is 14.8. The van der Waals surface area contributed by atoms with Crippen LogP contribution in [0, 0.1) is 0 Å². The molecule has 2 heterocycles. The van der Waals surface area contributed by atoms with E-state index in [1.54, 1.807) is 4.90 Å². The van der Waals surface area contributed by atoms with Gasteiger partial charge in [-0.25, -0.2) is 9.59 Å². The lowest BCUT2D eigenvalue weighted by atomic mass is 10.1. The summed E-state index contributed by atoms with van der Waals surface area (Å²) in [7, 11) is 1.48. The lowest BCUT2D eigenvalue weighted by molar-refractivity contribution is 0.196. The zero-order chi connectivity index (χ0) is 14.4. The molecule has 0 aliphatic carbocycles. The van der Waals surface area contributed by atoms with Crippen LogP contribution in [-0.2, 0) is 7.05 Å². The Morgan fingerprint density at radius 3 is 2.26 bits per heavy atom. The maximum Gasteiger partial charge on any atom is 0.329 e.